The number of aromatic carboxylic acids is 1. The molecule has 1 aromatic heterocycles. The van der Waals surface area contributed by atoms with Gasteiger partial charge in [0.15, 0.2) is 5.13 Å². The lowest BCUT2D eigenvalue weighted by Crippen LogP contribution is -2.24. The van der Waals surface area contributed by atoms with Gasteiger partial charge in [-0.15, -0.1) is 0 Å². The summed E-state index contributed by atoms with van der Waals surface area (Å²) < 4.78 is 0. The lowest BCUT2D eigenvalue weighted by atomic mass is 9.86. The highest BCUT2D eigenvalue weighted by Crippen LogP contribution is 2.25. The Kier molecular flexibility index (Phi) is 5.14. The van der Waals surface area contributed by atoms with Gasteiger partial charge >= 0.3 is 5.97 Å². The molecule has 18 heavy (non-hydrogen) atoms. The van der Waals surface area contributed by atoms with E-state index < -0.39 is 5.97 Å². The molecule has 102 valence electrons. The van der Waals surface area contributed by atoms with Crippen molar-refractivity contribution in [3.05, 3.63) is 10.6 Å². The third kappa shape index (κ3) is 3.70. The summed E-state index contributed by atoms with van der Waals surface area (Å²) in [6, 6.07) is 0. The van der Waals surface area contributed by atoms with Gasteiger partial charge in [0.05, 0.1) is 5.69 Å². The van der Waals surface area contributed by atoms with Gasteiger partial charge < -0.3 is 10.4 Å². The number of hydrogen-bond acceptors (Lipinski definition) is 4. The second-order valence-corrected chi connectivity index (χ2v) is 6.27. The van der Waals surface area contributed by atoms with Crippen molar-refractivity contribution < 1.29 is 9.90 Å². The van der Waals surface area contributed by atoms with Crippen LogP contribution in [0.5, 0.6) is 0 Å². The summed E-state index contributed by atoms with van der Waals surface area (Å²) >= 11 is 1.21. The van der Waals surface area contributed by atoms with Crippen LogP contribution < -0.4 is 5.32 Å². The first-order valence-electron chi connectivity index (χ1n) is 6.27. The molecule has 5 heteroatoms. The van der Waals surface area contributed by atoms with Crippen LogP contribution >= 0.6 is 11.3 Å². The summed E-state index contributed by atoms with van der Waals surface area (Å²) in [5.74, 6) is 0.847. The van der Waals surface area contributed by atoms with Crippen LogP contribution in [-0.2, 0) is 0 Å². The largest absolute Gasteiger partial charge is 0.477 e. The second kappa shape index (κ2) is 6.18. The van der Waals surface area contributed by atoms with Crippen LogP contribution in [0.1, 0.15) is 43.1 Å². The van der Waals surface area contributed by atoms with Gasteiger partial charge in [-0.3, -0.25) is 0 Å². The standard InChI is InChI=1S/C13H22N2O2S/c1-7(2)10(8(3)4)6-14-13-15-9(5)11(18-13)12(16)17/h7-8,10H,6H2,1-5H3,(H,14,15)(H,16,17). The third-order valence-corrected chi connectivity index (χ3v) is 4.30. The molecule has 1 aromatic rings. The summed E-state index contributed by atoms with van der Waals surface area (Å²) in [7, 11) is 0. The van der Waals surface area contributed by atoms with E-state index in [0.717, 1.165) is 6.54 Å². The van der Waals surface area contributed by atoms with Crippen LogP contribution in [0, 0.1) is 24.7 Å². The Morgan fingerprint density at radius 3 is 2.28 bits per heavy atom. The minimum atomic E-state index is -0.901. The first-order chi connectivity index (χ1) is 8.32. The first kappa shape index (κ1) is 15.0. The van der Waals surface area contributed by atoms with E-state index in [4.69, 9.17) is 5.11 Å². The molecule has 0 radical (unpaired) electrons. The molecule has 0 aliphatic carbocycles. The zero-order valence-electron chi connectivity index (χ0n) is 11.7. The maximum atomic E-state index is 10.9. The van der Waals surface area contributed by atoms with Crippen molar-refractivity contribution in [3.8, 4) is 0 Å². The second-order valence-electron chi connectivity index (χ2n) is 5.27. The van der Waals surface area contributed by atoms with Gasteiger partial charge in [0, 0.05) is 6.54 Å². The number of aryl methyl sites for hydroxylation is 1. The molecule has 4 nitrogen and oxygen atoms in total. The molecule has 0 saturated carbocycles. The van der Waals surface area contributed by atoms with Crippen molar-refractivity contribution >= 4 is 22.4 Å². The fourth-order valence-electron chi connectivity index (χ4n) is 2.12. The Labute approximate surface area is 112 Å². The lowest BCUT2D eigenvalue weighted by Gasteiger charge is -2.24. The van der Waals surface area contributed by atoms with E-state index in [1.807, 2.05) is 0 Å². The number of carbonyl (C=O) groups is 1. The number of rotatable bonds is 6. The highest BCUT2D eigenvalue weighted by atomic mass is 32.1. The predicted molar refractivity (Wildman–Crippen MR) is 75.5 cm³/mol. The predicted octanol–water partition coefficient (Wildman–Crippen LogP) is 3.49. The van der Waals surface area contributed by atoms with Gasteiger partial charge in [0.25, 0.3) is 0 Å². The van der Waals surface area contributed by atoms with Crippen molar-refractivity contribution in [3.63, 3.8) is 0 Å². The maximum Gasteiger partial charge on any atom is 0.347 e. The molecule has 0 atom stereocenters. The number of thiazole rings is 1. The average molecular weight is 270 g/mol. The smallest absolute Gasteiger partial charge is 0.347 e. The van der Waals surface area contributed by atoms with Gasteiger partial charge in [0.2, 0.25) is 0 Å². The molecular weight excluding hydrogens is 248 g/mol. The lowest BCUT2D eigenvalue weighted by molar-refractivity contribution is 0.0701. The fourth-order valence-corrected chi connectivity index (χ4v) is 2.93. The number of hydrogen-bond donors (Lipinski definition) is 2. The van der Waals surface area contributed by atoms with E-state index in [0.29, 0.717) is 33.5 Å². The van der Waals surface area contributed by atoms with Crippen LogP contribution in [0.4, 0.5) is 5.13 Å². The highest BCUT2D eigenvalue weighted by Gasteiger charge is 2.19. The average Bonchev–Trinajstić information content (AvgIpc) is 2.58. The molecule has 0 saturated heterocycles. The molecule has 0 amide bonds. The van der Waals surface area contributed by atoms with Crippen LogP contribution in [0.15, 0.2) is 0 Å². The molecule has 0 aliphatic heterocycles. The maximum absolute atomic E-state index is 10.9. The Balaban J connectivity index is 2.68. The zero-order chi connectivity index (χ0) is 13.9. The summed E-state index contributed by atoms with van der Waals surface area (Å²) in [5.41, 5.74) is 0.584. The summed E-state index contributed by atoms with van der Waals surface area (Å²) in [5, 5.41) is 12.9. The van der Waals surface area contributed by atoms with Gasteiger partial charge in [-0.05, 0) is 24.7 Å². The Morgan fingerprint density at radius 2 is 1.89 bits per heavy atom. The van der Waals surface area contributed by atoms with Crippen molar-refractivity contribution in [2.24, 2.45) is 17.8 Å². The van der Waals surface area contributed by atoms with Gasteiger partial charge in [-0.1, -0.05) is 39.0 Å². The van der Waals surface area contributed by atoms with E-state index in [9.17, 15) is 4.79 Å². The SMILES string of the molecule is Cc1nc(NCC(C(C)C)C(C)C)sc1C(=O)O. The van der Waals surface area contributed by atoms with E-state index in [2.05, 4.69) is 38.0 Å². The molecule has 0 unspecified atom stereocenters. The highest BCUT2D eigenvalue weighted by molar-refractivity contribution is 7.17. The Bertz CT molecular complexity index is 405. The Hall–Kier alpha value is -1.10. The minimum Gasteiger partial charge on any atom is -0.477 e. The molecular formula is C13H22N2O2S. The molecule has 0 aromatic carbocycles. The fraction of sp³-hybridized carbons (Fsp3) is 0.692. The summed E-state index contributed by atoms with van der Waals surface area (Å²) in [6.45, 7) is 11.4. The topological polar surface area (TPSA) is 62.2 Å². The third-order valence-electron chi connectivity index (χ3n) is 3.19. The van der Waals surface area contributed by atoms with Crippen LogP contribution in [0.25, 0.3) is 0 Å². The van der Waals surface area contributed by atoms with E-state index in [-0.39, 0.29) is 0 Å². The molecule has 2 N–H and O–H groups in total. The van der Waals surface area contributed by atoms with Crippen molar-refractivity contribution in [1.29, 1.82) is 0 Å². The van der Waals surface area contributed by atoms with Crippen molar-refractivity contribution in [2.45, 2.75) is 34.6 Å². The quantitative estimate of drug-likeness (QED) is 0.830. The number of nitrogens with zero attached hydrogens (tertiary/aromatic N) is 1. The van der Waals surface area contributed by atoms with Crippen molar-refractivity contribution in [1.82, 2.24) is 4.98 Å². The summed E-state index contributed by atoms with van der Waals surface area (Å²) in [4.78, 5) is 15.5. The normalized spacial score (nSPS) is 11.6. The molecule has 0 fully saturated rings. The number of carboxylic acids is 1. The molecule has 0 aliphatic rings. The molecule has 1 rings (SSSR count). The van der Waals surface area contributed by atoms with Crippen LogP contribution in [0.2, 0.25) is 0 Å². The van der Waals surface area contributed by atoms with Crippen LogP contribution in [-0.4, -0.2) is 22.6 Å². The van der Waals surface area contributed by atoms with E-state index in [1.54, 1.807) is 6.92 Å². The van der Waals surface area contributed by atoms with E-state index >= 15 is 0 Å². The number of aromatic nitrogens is 1. The molecule has 0 bridgehead atoms. The monoisotopic (exact) mass is 270 g/mol. The minimum absolute atomic E-state index is 0.322. The Morgan fingerprint density at radius 1 is 1.33 bits per heavy atom. The molecule has 0 spiro atoms. The zero-order valence-corrected chi connectivity index (χ0v) is 12.5. The van der Waals surface area contributed by atoms with Crippen molar-refractivity contribution in [2.75, 3.05) is 11.9 Å². The number of carboxylic acid groups (broad SMARTS) is 1. The number of nitrogens with one attached hydrogen (secondary N) is 1. The van der Waals surface area contributed by atoms with E-state index in [1.165, 1.54) is 11.3 Å². The molecule has 1 heterocycles. The van der Waals surface area contributed by atoms with Gasteiger partial charge in [0.1, 0.15) is 4.88 Å². The van der Waals surface area contributed by atoms with Gasteiger partial charge in [-0.2, -0.15) is 0 Å². The van der Waals surface area contributed by atoms with Crippen LogP contribution in [0.3, 0.4) is 0 Å². The summed E-state index contributed by atoms with van der Waals surface area (Å²) in [6.07, 6.45) is 0. The van der Waals surface area contributed by atoms with Gasteiger partial charge in [-0.25, -0.2) is 9.78 Å². The number of anilines is 1. The first-order valence-corrected chi connectivity index (χ1v) is 7.09.